The monoisotopic (exact) mass is 348 g/mol. The molecule has 2 aromatic carbocycles. The molecule has 0 aliphatic carbocycles. The van der Waals surface area contributed by atoms with Crippen LogP contribution in [0.1, 0.15) is 12.5 Å². The predicted octanol–water partition coefficient (Wildman–Crippen LogP) is 2.34. The maximum absolute atomic E-state index is 11.7. The third-order valence-corrected chi connectivity index (χ3v) is 4.69. The van der Waals surface area contributed by atoms with Crippen molar-refractivity contribution in [3.63, 3.8) is 0 Å². The van der Waals surface area contributed by atoms with E-state index in [1.54, 1.807) is 31.2 Å². The standard InChI is InChI=1S/C15H16N4O4S/c1-11(12-6-8-15(9-7-12)24(22,23)16-2)17-18-13-4-3-5-14(10-13)19(20)21/h3-10,16,18H,1-2H3/b17-11-. The molecule has 0 aromatic heterocycles. The van der Waals surface area contributed by atoms with E-state index in [0.29, 0.717) is 11.4 Å². The molecule has 0 aliphatic rings. The molecule has 0 heterocycles. The number of nitro groups is 1. The van der Waals surface area contributed by atoms with Gasteiger partial charge in [0.15, 0.2) is 0 Å². The van der Waals surface area contributed by atoms with E-state index in [0.717, 1.165) is 5.56 Å². The minimum Gasteiger partial charge on any atom is -0.278 e. The maximum atomic E-state index is 11.7. The van der Waals surface area contributed by atoms with E-state index in [1.807, 2.05) is 0 Å². The van der Waals surface area contributed by atoms with Crippen molar-refractivity contribution >= 4 is 27.1 Å². The number of rotatable bonds is 6. The predicted molar refractivity (Wildman–Crippen MR) is 91.6 cm³/mol. The summed E-state index contributed by atoms with van der Waals surface area (Å²) >= 11 is 0. The van der Waals surface area contributed by atoms with Crippen molar-refractivity contribution in [1.29, 1.82) is 0 Å². The second-order valence-electron chi connectivity index (χ2n) is 4.85. The van der Waals surface area contributed by atoms with E-state index in [4.69, 9.17) is 0 Å². The first kappa shape index (κ1) is 17.6. The molecule has 0 aliphatic heterocycles. The van der Waals surface area contributed by atoms with Crippen LogP contribution in [0, 0.1) is 10.1 Å². The van der Waals surface area contributed by atoms with E-state index in [2.05, 4.69) is 15.2 Å². The number of nitro benzene ring substituents is 1. The fourth-order valence-electron chi connectivity index (χ4n) is 1.90. The molecule has 0 radical (unpaired) electrons. The second-order valence-corrected chi connectivity index (χ2v) is 6.73. The highest BCUT2D eigenvalue weighted by Crippen LogP contribution is 2.17. The molecule has 0 unspecified atom stereocenters. The van der Waals surface area contributed by atoms with Crippen molar-refractivity contribution in [2.24, 2.45) is 5.10 Å². The first-order valence-electron chi connectivity index (χ1n) is 6.92. The Kier molecular flexibility index (Phi) is 5.27. The van der Waals surface area contributed by atoms with Crippen LogP contribution in [0.15, 0.2) is 58.5 Å². The number of nitrogens with zero attached hydrogens (tertiary/aromatic N) is 2. The van der Waals surface area contributed by atoms with Gasteiger partial charge in [-0.05, 0) is 37.7 Å². The average molecular weight is 348 g/mol. The molecule has 0 saturated heterocycles. The quantitative estimate of drug-likeness (QED) is 0.472. The summed E-state index contributed by atoms with van der Waals surface area (Å²) in [5.74, 6) is 0. The van der Waals surface area contributed by atoms with E-state index in [1.165, 1.54) is 31.3 Å². The van der Waals surface area contributed by atoms with Gasteiger partial charge in [-0.3, -0.25) is 15.5 Å². The normalized spacial score (nSPS) is 12.0. The lowest BCUT2D eigenvalue weighted by Gasteiger charge is -2.06. The molecular formula is C15H16N4O4S. The molecule has 9 heteroatoms. The van der Waals surface area contributed by atoms with Crippen LogP contribution in [0.4, 0.5) is 11.4 Å². The number of anilines is 1. The smallest absolute Gasteiger partial charge is 0.271 e. The van der Waals surface area contributed by atoms with Gasteiger partial charge in [0.1, 0.15) is 0 Å². The summed E-state index contributed by atoms with van der Waals surface area (Å²) in [6.45, 7) is 1.74. The first-order chi connectivity index (χ1) is 11.3. The zero-order valence-electron chi connectivity index (χ0n) is 13.1. The van der Waals surface area contributed by atoms with Gasteiger partial charge in [-0.15, -0.1) is 0 Å². The number of hydrogen-bond acceptors (Lipinski definition) is 6. The number of hydrogen-bond donors (Lipinski definition) is 2. The van der Waals surface area contributed by atoms with Gasteiger partial charge in [0.2, 0.25) is 10.0 Å². The van der Waals surface area contributed by atoms with Gasteiger partial charge < -0.3 is 0 Å². The average Bonchev–Trinajstić information content (AvgIpc) is 2.60. The van der Waals surface area contributed by atoms with Crippen LogP contribution in [0.25, 0.3) is 0 Å². The van der Waals surface area contributed by atoms with Crippen molar-refractivity contribution in [1.82, 2.24) is 4.72 Å². The summed E-state index contributed by atoms with van der Waals surface area (Å²) in [5.41, 5.74) is 4.53. The van der Waals surface area contributed by atoms with E-state index >= 15 is 0 Å². The summed E-state index contributed by atoms with van der Waals surface area (Å²) in [5, 5.41) is 14.9. The second kappa shape index (κ2) is 7.20. The lowest BCUT2D eigenvalue weighted by Crippen LogP contribution is -2.18. The van der Waals surface area contributed by atoms with Crippen LogP contribution >= 0.6 is 0 Å². The first-order valence-corrected chi connectivity index (χ1v) is 8.40. The van der Waals surface area contributed by atoms with Crippen molar-refractivity contribution in [2.45, 2.75) is 11.8 Å². The summed E-state index contributed by atoms with van der Waals surface area (Å²) in [7, 11) is -2.13. The molecule has 0 spiro atoms. The van der Waals surface area contributed by atoms with Gasteiger partial charge in [0.25, 0.3) is 5.69 Å². The molecule has 2 N–H and O–H groups in total. The molecule has 0 amide bonds. The Bertz CT molecular complexity index is 877. The van der Waals surface area contributed by atoms with E-state index < -0.39 is 14.9 Å². The van der Waals surface area contributed by atoms with Gasteiger partial charge in [0, 0.05) is 12.1 Å². The molecule has 2 rings (SSSR count). The van der Waals surface area contributed by atoms with E-state index in [9.17, 15) is 18.5 Å². The molecule has 8 nitrogen and oxygen atoms in total. The van der Waals surface area contributed by atoms with Crippen LogP contribution in [0.5, 0.6) is 0 Å². The number of non-ortho nitro benzene ring substituents is 1. The molecule has 0 bridgehead atoms. The lowest BCUT2D eigenvalue weighted by atomic mass is 10.1. The Morgan fingerprint density at radius 3 is 2.42 bits per heavy atom. The highest BCUT2D eigenvalue weighted by Gasteiger charge is 2.11. The van der Waals surface area contributed by atoms with Crippen LogP contribution in [-0.4, -0.2) is 26.1 Å². The maximum Gasteiger partial charge on any atom is 0.271 e. The summed E-state index contributed by atoms with van der Waals surface area (Å²) in [6, 6.07) is 12.2. The van der Waals surface area contributed by atoms with Crippen LogP contribution in [0.2, 0.25) is 0 Å². The third-order valence-electron chi connectivity index (χ3n) is 3.26. The Hall–Kier alpha value is -2.78. The van der Waals surface area contributed by atoms with Crippen molar-refractivity contribution in [3.8, 4) is 0 Å². The van der Waals surface area contributed by atoms with Gasteiger partial charge in [-0.2, -0.15) is 5.10 Å². The zero-order chi connectivity index (χ0) is 17.7. The number of hydrazone groups is 1. The largest absolute Gasteiger partial charge is 0.278 e. The molecular weight excluding hydrogens is 332 g/mol. The Labute approximate surface area is 139 Å². The van der Waals surface area contributed by atoms with Crippen molar-refractivity contribution < 1.29 is 13.3 Å². The molecule has 24 heavy (non-hydrogen) atoms. The van der Waals surface area contributed by atoms with Crippen molar-refractivity contribution in [2.75, 3.05) is 12.5 Å². The van der Waals surface area contributed by atoms with Gasteiger partial charge in [-0.1, -0.05) is 18.2 Å². The topological polar surface area (TPSA) is 114 Å². The lowest BCUT2D eigenvalue weighted by molar-refractivity contribution is -0.384. The molecule has 0 saturated carbocycles. The van der Waals surface area contributed by atoms with Gasteiger partial charge >= 0.3 is 0 Å². The minimum absolute atomic E-state index is 0.0329. The number of nitrogens with one attached hydrogen (secondary N) is 2. The Morgan fingerprint density at radius 1 is 1.17 bits per heavy atom. The van der Waals surface area contributed by atoms with Crippen LogP contribution < -0.4 is 10.1 Å². The zero-order valence-corrected chi connectivity index (χ0v) is 13.9. The van der Waals surface area contributed by atoms with E-state index in [-0.39, 0.29) is 10.6 Å². The number of benzene rings is 2. The van der Waals surface area contributed by atoms with Gasteiger partial charge in [-0.25, -0.2) is 13.1 Å². The SMILES string of the molecule is CNS(=O)(=O)c1ccc(/C(C)=N\Nc2cccc([N+](=O)[O-])c2)cc1. The summed E-state index contributed by atoms with van der Waals surface area (Å²) in [4.78, 5) is 10.4. The van der Waals surface area contributed by atoms with Crippen LogP contribution in [0.3, 0.4) is 0 Å². The van der Waals surface area contributed by atoms with Gasteiger partial charge in [0.05, 0.1) is 21.2 Å². The van der Waals surface area contributed by atoms with Crippen molar-refractivity contribution in [3.05, 3.63) is 64.2 Å². The van der Waals surface area contributed by atoms with Crippen LogP contribution in [-0.2, 0) is 10.0 Å². The highest BCUT2D eigenvalue weighted by molar-refractivity contribution is 7.89. The summed E-state index contributed by atoms with van der Waals surface area (Å²) < 4.78 is 25.6. The molecule has 0 fully saturated rings. The third kappa shape index (κ3) is 4.15. The fourth-order valence-corrected chi connectivity index (χ4v) is 2.63. The molecule has 0 atom stereocenters. The number of sulfonamides is 1. The Balaban J connectivity index is 2.16. The Morgan fingerprint density at radius 2 is 1.83 bits per heavy atom. The fraction of sp³-hybridized carbons (Fsp3) is 0.133. The highest BCUT2D eigenvalue weighted by atomic mass is 32.2. The summed E-state index contributed by atoms with van der Waals surface area (Å²) in [6.07, 6.45) is 0. The molecule has 126 valence electrons. The minimum atomic E-state index is -3.48. The molecule has 2 aromatic rings.